The lowest BCUT2D eigenvalue weighted by molar-refractivity contribution is 0.209. The first-order valence-electron chi connectivity index (χ1n) is 6.64. The summed E-state index contributed by atoms with van der Waals surface area (Å²) in [5, 5.41) is 3.14. The molecule has 96 valence electrons. The molecule has 1 fully saturated rings. The molecule has 3 heteroatoms. The van der Waals surface area contributed by atoms with Gasteiger partial charge in [0.1, 0.15) is 5.76 Å². The second-order valence-corrected chi connectivity index (χ2v) is 5.51. The second kappa shape index (κ2) is 5.69. The van der Waals surface area contributed by atoms with E-state index in [1.807, 2.05) is 13.3 Å². The molecule has 1 aromatic heterocycles. The minimum Gasteiger partial charge on any atom is -0.468 e. The van der Waals surface area contributed by atoms with E-state index in [1.165, 1.54) is 24.9 Å². The van der Waals surface area contributed by atoms with Gasteiger partial charge in [-0.1, -0.05) is 13.8 Å². The summed E-state index contributed by atoms with van der Waals surface area (Å²) in [4.78, 5) is 2.56. The molecule has 0 radical (unpaired) electrons. The maximum atomic E-state index is 5.63. The smallest absolute Gasteiger partial charge is 0.118 e. The highest BCUT2D eigenvalue weighted by molar-refractivity contribution is 5.12. The standard InChI is InChI=1S/C14H24N2O/c1-11(2)8-16(13-4-5-13)9-14-6-12(7-15-3)10-17-14/h6,10-11,13,15H,4-5,7-9H2,1-3H3. The number of rotatable bonds is 7. The van der Waals surface area contributed by atoms with Crippen LogP contribution in [0.25, 0.3) is 0 Å². The van der Waals surface area contributed by atoms with E-state index in [4.69, 9.17) is 4.42 Å². The average Bonchev–Trinajstić information content (AvgIpc) is 3.01. The Bertz CT molecular complexity index is 342. The van der Waals surface area contributed by atoms with Gasteiger partial charge in [-0.15, -0.1) is 0 Å². The third-order valence-corrected chi connectivity index (χ3v) is 3.11. The number of furan rings is 1. The molecule has 0 spiro atoms. The van der Waals surface area contributed by atoms with Crippen molar-refractivity contribution >= 4 is 0 Å². The van der Waals surface area contributed by atoms with Crippen molar-refractivity contribution in [1.29, 1.82) is 0 Å². The monoisotopic (exact) mass is 236 g/mol. The van der Waals surface area contributed by atoms with Gasteiger partial charge in [0, 0.05) is 24.7 Å². The Balaban J connectivity index is 1.91. The highest BCUT2D eigenvalue weighted by Gasteiger charge is 2.29. The lowest BCUT2D eigenvalue weighted by Gasteiger charge is -2.22. The van der Waals surface area contributed by atoms with Gasteiger partial charge >= 0.3 is 0 Å². The van der Waals surface area contributed by atoms with E-state index in [0.29, 0.717) is 0 Å². The van der Waals surface area contributed by atoms with Crippen LogP contribution in [-0.2, 0) is 13.1 Å². The fourth-order valence-electron chi connectivity index (χ4n) is 2.26. The Morgan fingerprint density at radius 3 is 2.82 bits per heavy atom. The van der Waals surface area contributed by atoms with E-state index in [9.17, 15) is 0 Å². The van der Waals surface area contributed by atoms with Crippen LogP contribution in [0.15, 0.2) is 16.7 Å². The highest BCUT2D eigenvalue weighted by Crippen LogP contribution is 2.29. The van der Waals surface area contributed by atoms with Crippen LogP contribution in [0, 0.1) is 5.92 Å². The second-order valence-electron chi connectivity index (χ2n) is 5.51. The maximum absolute atomic E-state index is 5.63. The van der Waals surface area contributed by atoms with Gasteiger partial charge in [0.15, 0.2) is 0 Å². The van der Waals surface area contributed by atoms with Gasteiger partial charge in [0.25, 0.3) is 0 Å². The van der Waals surface area contributed by atoms with Gasteiger partial charge in [0.2, 0.25) is 0 Å². The molecule has 1 heterocycles. The molecule has 0 bridgehead atoms. The van der Waals surface area contributed by atoms with Crippen LogP contribution in [0.2, 0.25) is 0 Å². The van der Waals surface area contributed by atoms with Crippen LogP contribution in [0.1, 0.15) is 38.0 Å². The molecule has 1 aliphatic rings. The molecular formula is C14H24N2O. The van der Waals surface area contributed by atoms with E-state index in [-0.39, 0.29) is 0 Å². The molecule has 3 nitrogen and oxygen atoms in total. The van der Waals surface area contributed by atoms with Gasteiger partial charge in [-0.2, -0.15) is 0 Å². The van der Waals surface area contributed by atoms with Gasteiger partial charge in [-0.05, 0) is 31.9 Å². The van der Waals surface area contributed by atoms with Crippen molar-refractivity contribution < 1.29 is 4.42 Å². The summed E-state index contributed by atoms with van der Waals surface area (Å²) in [6, 6.07) is 2.97. The highest BCUT2D eigenvalue weighted by atomic mass is 16.3. The predicted molar refractivity (Wildman–Crippen MR) is 69.7 cm³/mol. The number of hydrogen-bond acceptors (Lipinski definition) is 3. The zero-order valence-corrected chi connectivity index (χ0v) is 11.2. The SMILES string of the molecule is CNCc1coc(CN(CC(C)C)C2CC2)c1. The van der Waals surface area contributed by atoms with E-state index in [0.717, 1.165) is 30.8 Å². The molecular weight excluding hydrogens is 212 g/mol. The third kappa shape index (κ3) is 3.86. The normalized spacial score (nSPS) is 16.1. The molecule has 0 aliphatic heterocycles. The van der Waals surface area contributed by atoms with E-state index >= 15 is 0 Å². The van der Waals surface area contributed by atoms with E-state index in [2.05, 4.69) is 30.1 Å². The summed E-state index contributed by atoms with van der Waals surface area (Å²) in [6.45, 7) is 7.59. The quantitative estimate of drug-likeness (QED) is 0.789. The Morgan fingerprint density at radius 2 is 2.24 bits per heavy atom. The van der Waals surface area contributed by atoms with Crippen molar-refractivity contribution in [3.63, 3.8) is 0 Å². The predicted octanol–water partition coefficient (Wildman–Crippen LogP) is 2.62. The minimum absolute atomic E-state index is 0.724. The Kier molecular flexibility index (Phi) is 4.24. The van der Waals surface area contributed by atoms with Crippen molar-refractivity contribution in [3.8, 4) is 0 Å². The summed E-state index contributed by atoms with van der Waals surface area (Å²) in [5.74, 6) is 1.82. The molecule has 0 amide bonds. The van der Waals surface area contributed by atoms with Crippen molar-refractivity contribution in [2.45, 2.75) is 45.8 Å². The number of nitrogens with zero attached hydrogens (tertiary/aromatic N) is 1. The van der Waals surface area contributed by atoms with Crippen LogP contribution in [0.4, 0.5) is 0 Å². The molecule has 1 aliphatic carbocycles. The fraction of sp³-hybridized carbons (Fsp3) is 0.714. The van der Waals surface area contributed by atoms with Crippen LogP contribution in [0.3, 0.4) is 0 Å². The third-order valence-electron chi connectivity index (χ3n) is 3.11. The van der Waals surface area contributed by atoms with Crippen LogP contribution < -0.4 is 5.32 Å². The van der Waals surface area contributed by atoms with Crippen LogP contribution in [0.5, 0.6) is 0 Å². The van der Waals surface area contributed by atoms with Gasteiger partial charge in [-0.3, -0.25) is 4.90 Å². The minimum atomic E-state index is 0.724. The number of nitrogens with one attached hydrogen (secondary N) is 1. The van der Waals surface area contributed by atoms with Crippen molar-refractivity contribution in [3.05, 3.63) is 23.7 Å². The summed E-state index contributed by atoms with van der Waals surface area (Å²) in [5.41, 5.74) is 1.24. The molecule has 2 rings (SSSR count). The summed E-state index contributed by atoms with van der Waals surface area (Å²) < 4.78 is 5.63. The van der Waals surface area contributed by atoms with Crippen molar-refractivity contribution in [1.82, 2.24) is 10.2 Å². The topological polar surface area (TPSA) is 28.4 Å². The van der Waals surface area contributed by atoms with Crippen molar-refractivity contribution in [2.75, 3.05) is 13.6 Å². The Morgan fingerprint density at radius 1 is 1.47 bits per heavy atom. The molecule has 0 atom stereocenters. The van der Waals surface area contributed by atoms with Gasteiger partial charge in [-0.25, -0.2) is 0 Å². The fourth-order valence-corrected chi connectivity index (χ4v) is 2.26. The summed E-state index contributed by atoms with van der Waals surface area (Å²) in [6.07, 6.45) is 4.58. The first kappa shape index (κ1) is 12.7. The van der Waals surface area contributed by atoms with E-state index in [1.54, 1.807) is 0 Å². The first-order valence-corrected chi connectivity index (χ1v) is 6.64. The summed E-state index contributed by atoms with van der Waals surface area (Å²) >= 11 is 0. The van der Waals surface area contributed by atoms with Crippen LogP contribution in [-0.4, -0.2) is 24.5 Å². The lowest BCUT2D eigenvalue weighted by atomic mass is 10.2. The average molecular weight is 236 g/mol. The molecule has 0 aromatic carbocycles. The van der Waals surface area contributed by atoms with E-state index < -0.39 is 0 Å². The van der Waals surface area contributed by atoms with Gasteiger partial charge < -0.3 is 9.73 Å². The number of hydrogen-bond donors (Lipinski definition) is 1. The molecule has 0 unspecified atom stereocenters. The molecule has 17 heavy (non-hydrogen) atoms. The summed E-state index contributed by atoms with van der Waals surface area (Å²) in [7, 11) is 1.96. The Labute approximate surface area is 104 Å². The largest absolute Gasteiger partial charge is 0.468 e. The zero-order chi connectivity index (χ0) is 12.3. The molecule has 1 saturated carbocycles. The van der Waals surface area contributed by atoms with Crippen LogP contribution >= 0.6 is 0 Å². The zero-order valence-electron chi connectivity index (χ0n) is 11.2. The molecule has 1 aromatic rings. The molecule has 1 N–H and O–H groups in total. The Hall–Kier alpha value is -0.800. The van der Waals surface area contributed by atoms with Gasteiger partial charge in [0.05, 0.1) is 12.8 Å². The van der Waals surface area contributed by atoms with Crippen molar-refractivity contribution in [2.24, 2.45) is 5.92 Å². The maximum Gasteiger partial charge on any atom is 0.118 e. The lowest BCUT2D eigenvalue weighted by Crippen LogP contribution is -2.29. The first-order chi connectivity index (χ1) is 8.19. The molecule has 0 saturated heterocycles.